The second kappa shape index (κ2) is 12.7. The molecule has 2 rings (SSSR count). The lowest BCUT2D eigenvalue weighted by Gasteiger charge is -2.11. The Morgan fingerprint density at radius 3 is 1.43 bits per heavy atom. The number of phenols is 2. The summed E-state index contributed by atoms with van der Waals surface area (Å²) in [6.07, 6.45) is 4.02. The smallest absolute Gasteiger partial charge is 0.328 e. The molecule has 35 heavy (non-hydrogen) atoms. The maximum Gasteiger partial charge on any atom is 0.328 e. The number of carboxylic acid groups (broad SMARTS) is 2. The lowest BCUT2D eigenvalue weighted by molar-refractivity contribution is -0.139. The van der Waals surface area contributed by atoms with E-state index in [9.17, 15) is 30.0 Å². The summed E-state index contributed by atoms with van der Waals surface area (Å²) in [6, 6.07) is 8.25. The van der Waals surface area contributed by atoms with Crippen molar-refractivity contribution in [2.24, 2.45) is 21.8 Å². The van der Waals surface area contributed by atoms with Crippen molar-refractivity contribution in [3.63, 3.8) is 0 Å². The third-order valence-corrected chi connectivity index (χ3v) is 5.34. The van der Waals surface area contributed by atoms with Crippen molar-refractivity contribution >= 4 is 24.4 Å². The number of aliphatic carboxylic acids is 2. The number of phenolic OH excluding ortho intramolecular Hbond substituents is 2. The average molecular weight is 483 g/mol. The third-order valence-electron chi connectivity index (χ3n) is 5.34. The molecule has 2 aromatic carbocycles. The normalized spacial score (nSPS) is 13.7. The first-order valence-electron chi connectivity index (χ1n) is 11.6. The maximum absolute atomic E-state index is 11.5. The predicted octanol–water partition coefficient (Wildman–Crippen LogP) is 4.53. The van der Waals surface area contributed by atoms with Crippen molar-refractivity contribution in [3.8, 4) is 11.5 Å². The van der Waals surface area contributed by atoms with Crippen LogP contribution in [0.4, 0.5) is 0 Å². The Kier molecular flexibility index (Phi) is 9.99. The molecule has 0 aliphatic heterocycles. The van der Waals surface area contributed by atoms with E-state index in [0.29, 0.717) is 30.4 Å². The van der Waals surface area contributed by atoms with E-state index in [4.69, 9.17) is 0 Å². The molecule has 8 heteroatoms. The summed E-state index contributed by atoms with van der Waals surface area (Å²) >= 11 is 0. The number of aliphatic imine (C=N–C) groups is 2. The lowest BCUT2D eigenvalue weighted by Crippen LogP contribution is -2.20. The van der Waals surface area contributed by atoms with Crippen LogP contribution in [0.15, 0.2) is 46.4 Å². The molecule has 0 aromatic heterocycles. The number of benzene rings is 2. The average Bonchev–Trinajstić information content (AvgIpc) is 2.77. The number of hydrogen-bond donors (Lipinski definition) is 4. The zero-order chi connectivity index (χ0) is 26.1. The van der Waals surface area contributed by atoms with E-state index in [2.05, 4.69) is 9.98 Å². The van der Waals surface area contributed by atoms with Crippen LogP contribution in [0.2, 0.25) is 0 Å². The van der Waals surface area contributed by atoms with Gasteiger partial charge in [0.25, 0.3) is 0 Å². The Labute approximate surface area is 205 Å². The first-order chi connectivity index (χ1) is 16.5. The molecule has 0 aliphatic rings. The van der Waals surface area contributed by atoms with Gasteiger partial charge in [0.15, 0.2) is 0 Å². The van der Waals surface area contributed by atoms with Crippen LogP contribution in [0.5, 0.6) is 11.5 Å². The van der Waals surface area contributed by atoms with E-state index in [1.807, 2.05) is 27.7 Å². The minimum Gasteiger partial charge on any atom is -0.507 e. The van der Waals surface area contributed by atoms with Crippen LogP contribution in [0.25, 0.3) is 0 Å². The van der Waals surface area contributed by atoms with Crippen molar-refractivity contribution in [2.75, 3.05) is 0 Å². The number of carboxylic acids is 2. The molecule has 0 aliphatic carbocycles. The highest BCUT2D eigenvalue weighted by molar-refractivity contribution is 5.87. The highest BCUT2D eigenvalue weighted by Gasteiger charge is 2.18. The van der Waals surface area contributed by atoms with Gasteiger partial charge in [-0.3, -0.25) is 9.98 Å². The number of carbonyl (C=O) groups is 2. The van der Waals surface area contributed by atoms with Gasteiger partial charge in [-0.15, -0.1) is 0 Å². The van der Waals surface area contributed by atoms with E-state index in [0.717, 1.165) is 11.1 Å². The van der Waals surface area contributed by atoms with Crippen molar-refractivity contribution in [1.29, 1.82) is 0 Å². The number of rotatable bonds is 12. The van der Waals surface area contributed by atoms with Crippen LogP contribution < -0.4 is 0 Å². The van der Waals surface area contributed by atoms with Crippen LogP contribution >= 0.6 is 0 Å². The molecule has 0 saturated heterocycles. The topological polar surface area (TPSA) is 140 Å². The largest absolute Gasteiger partial charge is 0.507 e. The zero-order valence-corrected chi connectivity index (χ0v) is 20.5. The second-order valence-corrected chi connectivity index (χ2v) is 9.49. The van der Waals surface area contributed by atoms with Crippen LogP contribution in [0.1, 0.15) is 62.8 Å². The molecule has 2 aromatic rings. The maximum atomic E-state index is 11.5. The predicted molar refractivity (Wildman–Crippen MR) is 136 cm³/mol. The van der Waals surface area contributed by atoms with Crippen molar-refractivity contribution < 1.29 is 30.0 Å². The number of aromatic hydroxyl groups is 2. The standard InChI is InChI=1S/C27H34N2O6/c1-16(2)9-22(26(32)33)28-14-20-12-18(5-7-24(20)30)11-19-6-8-25(31)21(13-19)15-29-23(27(34)35)10-17(3)4/h5-8,12-17,22-23,30-31H,9-11H2,1-4H3,(H,32,33)(H,34,35)/t22-,23-/m0/s1. The summed E-state index contributed by atoms with van der Waals surface area (Å²) in [6.45, 7) is 7.69. The number of nitrogens with zero attached hydrogens (tertiary/aromatic N) is 2. The van der Waals surface area contributed by atoms with E-state index >= 15 is 0 Å². The van der Waals surface area contributed by atoms with Gasteiger partial charge in [-0.2, -0.15) is 0 Å². The molecule has 0 saturated carbocycles. The zero-order valence-electron chi connectivity index (χ0n) is 20.5. The van der Waals surface area contributed by atoms with E-state index < -0.39 is 24.0 Å². The second-order valence-electron chi connectivity index (χ2n) is 9.49. The first kappa shape index (κ1) is 27.6. The molecule has 0 radical (unpaired) electrons. The molecule has 8 nitrogen and oxygen atoms in total. The first-order valence-corrected chi connectivity index (χ1v) is 11.6. The summed E-state index contributed by atoms with van der Waals surface area (Å²) in [4.78, 5) is 31.2. The molecule has 0 fully saturated rings. The Hall–Kier alpha value is -3.68. The Morgan fingerprint density at radius 1 is 0.743 bits per heavy atom. The van der Waals surface area contributed by atoms with Gasteiger partial charge in [0, 0.05) is 23.6 Å². The lowest BCUT2D eigenvalue weighted by atomic mass is 10.00. The molecule has 188 valence electrons. The van der Waals surface area contributed by atoms with Gasteiger partial charge in [-0.05, 0) is 66.5 Å². The molecule has 0 bridgehead atoms. The molecule has 4 N–H and O–H groups in total. The summed E-state index contributed by atoms with van der Waals surface area (Å²) < 4.78 is 0. The highest BCUT2D eigenvalue weighted by Crippen LogP contribution is 2.23. The van der Waals surface area contributed by atoms with E-state index in [1.165, 1.54) is 24.6 Å². The minimum atomic E-state index is -1.01. The van der Waals surface area contributed by atoms with Gasteiger partial charge in [0.2, 0.25) is 0 Å². The van der Waals surface area contributed by atoms with Gasteiger partial charge in [0.05, 0.1) is 0 Å². The molecule has 0 amide bonds. The summed E-state index contributed by atoms with van der Waals surface area (Å²) in [7, 11) is 0. The van der Waals surface area contributed by atoms with Gasteiger partial charge in [-0.1, -0.05) is 39.8 Å². The van der Waals surface area contributed by atoms with Gasteiger partial charge in [-0.25, -0.2) is 9.59 Å². The molecule has 2 atom stereocenters. The Morgan fingerprint density at radius 2 is 1.11 bits per heavy atom. The Bertz CT molecular complexity index is 1010. The highest BCUT2D eigenvalue weighted by atomic mass is 16.4. The molecule has 0 unspecified atom stereocenters. The van der Waals surface area contributed by atoms with Gasteiger partial charge in [0.1, 0.15) is 23.6 Å². The van der Waals surface area contributed by atoms with Crippen LogP contribution in [0, 0.1) is 11.8 Å². The van der Waals surface area contributed by atoms with Crippen LogP contribution in [-0.4, -0.2) is 56.9 Å². The molecule has 0 spiro atoms. The van der Waals surface area contributed by atoms with Crippen molar-refractivity contribution in [3.05, 3.63) is 58.7 Å². The monoisotopic (exact) mass is 482 g/mol. The minimum absolute atomic E-state index is 0.00502. The van der Waals surface area contributed by atoms with E-state index in [1.54, 1.807) is 24.3 Å². The van der Waals surface area contributed by atoms with Gasteiger partial charge < -0.3 is 20.4 Å². The quantitative estimate of drug-likeness (QED) is 0.328. The van der Waals surface area contributed by atoms with Gasteiger partial charge >= 0.3 is 11.9 Å². The fourth-order valence-corrected chi connectivity index (χ4v) is 3.55. The van der Waals surface area contributed by atoms with E-state index in [-0.39, 0.29) is 23.3 Å². The summed E-state index contributed by atoms with van der Waals surface area (Å²) in [5.74, 6) is -1.71. The molecular formula is C27H34N2O6. The fourth-order valence-electron chi connectivity index (χ4n) is 3.55. The summed E-state index contributed by atoms with van der Waals surface area (Å²) in [5.41, 5.74) is 2.51. The Balaban J connectivity index is 2.24. The van der Waals surface area contributed by atoms with Crippen LogP contribution in [0.3, 0.4) is 0 Å². The third kappa shape index (κ3) is 8.88. The van der Waals surface area contributed by atoms with Crippen molar-refractivity contribution in [1.82, 2.24) is 0 Å². The SMILES string of the molecule is CC(C)C[C@H](N=Cc1cc(Cc2ccc(O)c(C=N[C@@H](CC(C)C)C(=O)O)c2)ccc1O)C(=O)O. The summed E-state index contributed by atoms with van der Waals surface area (Å²) in [5, 5.41) is 39.2. The van der Waals surface area contributed by atoms with Crippen molar-refractivity contribution in [2.45, 2.75) is 59.0 Å². The number of hydrogen-bond acceptors (Lipinski definition) is 6. The fraction of sp³-hybridized carbons (Fsp3) is 0.407. The molecule has 0 heterocycles. The van der Waals surface area contributed by atoms with Crippen LogP contribution in [-0.2, 0) is 16.0 Å². The molecular weight excluding hydrogens is 448 g/mol.